The van der Waals surface area contributed by atoms with Crippen LogP contribution in [0.1, 0.15) is 52.9 Å². The van der Waals surface area contributed by atoms with Crippen molar-refractivity contribution in [2.45, 2.75) is 65.0 Å². The van der Waals surface area contributed by atoms with Gasteiger partial charge in [0.1, 0.15) is 0 Å². The number of hydrogen-bond acceptors (Lipinski definition) is 3. The van der Waals surface area contributed by atoms with E-state index >= 15 is 0 Å². The fourth-order valence-electron chi connectivity index (χ4n) is 2.82. The second-order valence-electron chi connectivity index (χ2n) is 6.42. The Kier molecular flexibility index (Phi) is 8.67. The Labute approximate surface area is 120 Å². The molecule has 0 radical (unpaired) electrons. The lowest BCUT2D eigenvalue weighted by atomic mass is 10.1. The van der Waals surface area contributed by atoms with Crippen molar-refractivity contribution in [1.82, 2.24) is 10.2 Å². The molecule has 1 heterocycles. The lowest BCUT2D eigenvalue weighted by Crippen LogP contribution is -2.37. The van der Waals surface area contributed by atoms with Crippen LogP contribution in [-0.4, -0.2) is 50.3 Å². The highest BCUT2D eigenvalue weighted by Gasteiger charge is 2.27. The van der Waals surface area contributed by atoms with Crippen molar-refractivity contribution in [3.63, 3.8) is 0 Å². The first kappa shape index (κ1) is 16.9. The van der Waals surface area contributed by atoms with Gasteiger partial charge >= 0.3 is 0 Å². The van der Waals surface area contributed by atoms with Crippen molar-refractivity contribution in [2.75, 3.05) is 33.3 Å². The maximum absolute atomic E-state index is 5.63. The molecule has 114 valence electrons. The number of unbranched alkanes of at least 4 members (excludes halogenated alkanes) is 3. The molecular weight excluding hydrogens is 236 g/mol. The van der Waals surface area contributed by atoms with Crippen LogP contribution < -0.4 is 5.32 Å². The standard InChI is InChI=1S/C16H34N2O/c1-14(2)13-17-10-7-5-6-8-11-18(4)16-9-12-19-15(16)3/h14-17H,5-13H2,1-4H3. The first-order chi connectivity index (χ1) is 9.11. The fourth-order valence-corrected chi connectivity index (χ4v) is 2.82. The largest absolute Gasteiger partial charge is 0.377 e. The fraction of sp³-hybridized carbons (Fsp3) is 1.00. The van der Waals surface area contributed by atoms with Gasteiger partial charge < -0.3 is 15.0 Å². The van der Waals surface area contributed by atoms with E-state index in [2.05, 4.69) is 38.0 Å². The van der Waals surface area contributed by atoms with Crippen molar-refractivity contribution in [2.24, 2.45) is 5.92 Å². The van der Waals surface area contributed by atoms with Crippen LogP contribution in [0.15, 0.2) is 0 Å². The number of nitrogens with zero attached hydrogens (tertiary/aromatic N) is 1. The molecule has 0 aromatic rings. The molecule has 1 aliphatic rings. The van der Waals surface area contributed by atoms with Gasteiger partial charge in [0.2, 0.25) is 0 Å². The van der Waals surface area contributed by atoms with Gasteiger partial charge in [-0.15, -0.1) is 0 Å². The highest BCUT2D eigenvalue weighted by atomic mass is 16.5. The minimum atomic E-state index is 0.422. The van der Waals surface area contributed by atoms with Gasteiger partial charge in [-0.05, 0) is 58.8 Å². The summed E-state index contributed by atoms with van der Waals surface area (Å²) in [6.07, 6.45) is 6.98. The van der Waals surface area contributed by atoms with Crippen LogP contribution in [0.25, 0.3) is 0 Å². The Bertz CT molecular complexity index is 221. The van der Waals surface area contributed by atoms with Crippen molar-refractivity contribution in [1.29, 1.82) is 0 Å². The Hall–Kier alpha value is -0.120. The molecule has 0 aromatic heterocycles. The zero-order valence-electron chi connectivity index (χ0n) is 13.5. The maximum Gasteiger partial charge on any atom is 0.0702 e. The lowest BCUT2D eigenvalue weighted by Gasteiger charge is -2.26. The Morgan fingerprint density at radius 2 is 1.95 bits per heavy atom. The first-order valence-electron chi connectivity index (χ1n) is 8.14. The smallest absolute Gasteiger partial charge is 0.0702 e. The minimum absolute atomic E-state index is 0.422. The predicted octanol–water partition coefficient (Wildman–Crippen LogP) is 2.90. The van der Waals surface area contributed by atoms with Crippen LogP contribution in [0, 0.1) is 5.92 Å². The van der Waals surface area contributed by atoms with Gasteiger partial charge in [0.05, 0.1) is 6.10 Å². The molecule has 0 bridgehead atoms. The van der Waals surface area contributed by atoms with E-state index in [0.717, 1.165) is 19.1 Å². The van der Waals surface area contributed by atoms with Crippen molar-refractivity contribution < 1.29 is 4.74 Å². The van der Waals surface area contributed by atoms with Gasteiger partial charge in [-0.1, -0.05) is 26.7 Å². The monoisotopic (exact) mass is 270 g/mol. The molecule has 3 nitrogen and oxygen atoms in total. The molecule has 19 heavy (non-hydrogen) atoms. The summed E-state index contributed by atoms with van der Waals surface area (Å²) in [4.78, 5) is 2.49. The highest BCUT2D eigenvalue weighted by molar-refractivity contribution is 4.80. The van der Waals surface area contributed by atoms with E-state index in [1.54, 1.807) is 0 Å². The molecule has 0 saturated carbocycles. The normalized spacial score (nSPS) is 23.7. The molecule has 1 aliphatic heterocycles. The van der Waals surface area contributed by atoms with Gasteiger partial charge in [0.25, 0.3) is 0 Å². The molecule has 2 unspecified atom stereocenters. The SMILES string of the molecule is CC(C)CNCCCCCCN(C)C1CCOC1C. The van der Waals surface area contributed by atoms with E-state index in [0.29, 0.717) is 12.1 Å². The zero-order chi connectivity index (χ0) is 14.1. The van der Waals surface area contributed by atoms with E-state index < -0.39 is 0 Å². The number of hydrogen-bond donors (Lipinski definition) is 1. The highest BCUT2D eigenvalue weighted by Crippen LogP contribution is 2.18. The summed E-state index contributed by atoms with van der Waals surface area (Å²) in [5.74, 6) is 0.768. The number of ether oxygens (including phenoxy) is 1. The third-order valence-electron chi connectivity index (χ3n) is 4.07. The maximum atomic E-state index is 5.63. The average Bonchev–Trinajstić information content (AvgIpc) is 2.78. The average molecular weight is 270 g/mol. The second-order valence-corrected chi connectivity index (χ2v) is 6.42. The molecule has 1 saturated heterocycles. The summed E-state index contributed by atoms with van der Waals surface area (Å²) in [5.41, 5.74) is 0. The van der Waals surface area contributed by atoms with Gasteiger partial charge in [-0.3, -0.25) is 0 Å². The number of rotatable bonds is 10. The predicted molar refractivity (Wildman–Crippen MR) is 82.6 cm³/mol. The van der Waals surface area contributed by atoms with Gasteiger partial charge in [-0.25, -0.2) is 0 Å². The van der Waals surface area contributed by atoms with Crippen molar-refractivity contribution in [3.8, 4) is 0 Å². The van der Waals surface area contributed by atoms with Crippen LogP contribution in [0.4, 0.5) is 0 Å². The number of likely N-dealkylation sites (N-methyl/N-ethyl adjacent to an activating group) is 1. The molecule has 0 aromatic carbocycles. The van der Waals surface area contributed by atoms with Crippen molar-refractivity contribution >= 4 is 0 Å². The van der Waals surface area contributed by atoms with E-state index in [-0.39, 0.29) is 0 Å². The lowest BCUT2D eigenvalue weighted by molar-refractivity contribution is 0.0831. The summed E-state index contributed by atoms with van der Waals surface area (Å²) in [7, 11) is 2.25. The minimum Gasteiger partial charge on any atom is -0.377 e. The zero-order valence-corrected chi connectivity index (χ0v) is 13.5. The summed E-state index contributed by atoms with van der Waals surface area (Å²) >= 11 is 0. The second kappa shape index (κ2) is 9.73. The van der Waals surface area contributed by atoms with Gasteiger partial charge in [0.15, 0.2) is 0 Å². The van der Waals surface area contributed by atoms with E-state index in [9.17, 15) is 0 Å². The summed E-state index contributed by atoms with van der Waals surface area (Å²) in [5, 5.41) is 3.51. The summed E-state index contributed by atoms with van der Waals surface area (Å²) in [6.45, 7) is 11.2. The van der Waals surface area contributed by atoms with Crippen LogP contribution in [0.3, 0.4) is 0 Å². The molecule has 2 atom stereocenters. The third kappa shape index (κ3) is 7.28. The van der Waals surface area contributed by atoms with Crippen molar-refractivity contribution in [3.05, 3.63) is 0 Å². The van der Waals surface area contributed by atoms with E-state index in [4.69, 9.17) is 4.74 Å². The third-order valence-corrected chi connectivity index (χ3v) is 4.07. The quantitative estimate of drug-likeness (QED) is 0.618. The Morgan fingerprint density at radius 1 is 1.21 bits per heavy atom. The summed E-state index contributed by atoms with van der Waals surface area (Å²) in [6, 6.07) is 0.646. The van der Waals surface area contributed by atoms with Crippen LogP contribution in [0.2, 0.25) is 0 Å². The van der Waals surface area contributed by atoms with Gasteiger partial charge in [-0.2, -0.15) is 0 Å². The molecule has 1 rings (SSSR count). The molecule has 0 aliphatic carbocycles. The van der Waals surface area contributed by atoms with E-state index in [1.165, 1.54) is 45.2 Å². The topological polar surface area (TPSA) is 24.5 Å². The summed E-state index contributed by atoms with van der Waals surface area (Å²) < 4.78 is 5.63. The molecule has 1 N–H and O–H groups in total. The Balaban J connectivity index is 1.90. The molecule has 3 heteroatoms. The molecular formula is C16H34N2O. The molecule has 0 amide bonds. The molecule has 1 fully saturated rings. The number of nitrogens with one attached hydrogen (secondary N) is 1. The van der Waals surface area contributed by atoms with Crippen LogP contribution in [-0.2, 0) is 4.74 Å². The molecule has 0 spiro atoms. The van der Waals surface area contributed by atoms with Crippen LogP contribution >= 0.6 is 0 Å². The Morgan fingerprint density at radius 3 is 2.58 bits per heavy atom. The van der Waals surface area contributed by atoms with E-state index in [1.807, 2.05) is 0 Å². The first-order valence-corrected chi connectivity index (χ1v) is 8.14. The van der Waals surface area contributed by atoms with Crippen LogP contribution in [0.5, 0.6) is 0 Å². The van der Waals surface area contributed by atoms with Gasteiger partial charge in [0, 0.05) is 12.6 Å².